The van der Waals surface area contributed by atoms with E-state index in [1.807, 2.05) is 11.0 Å². The van der Waals surface area contributed by atoms with Gasteiger partial charge in [-0.1, -0.05) is 42.0 Å². The molecule has 1 fully saturated rings. The zero-order valence-corrected chi connectivity index (χ0v) is 13.4. The summed E-state index contributed by atoms with van der Waals surface area (Å²) in [5.74, 6) is 0.421. The maximum absolute atomic E-state index is 12.2. The van der Waals surface area contributed by atoms with Crippen molar-refractivity contribution < 1.29 is 9.21 Å². The number of hydrogen-bond donors (Lipinski definition) is 0. The molecule has 4 heteroatoms. The smallest absolute Gasteiger partial charge is 0.289 e. The number of furan rings is 1. The molecule has 1 aromatic carbocycles. The first-order valence-corrected chi connectivity index (χ1v) is 8.00. The zero-order chi connectivity index (χ0) is 16.1. The molecule has 1 amide bonds. The standard InChI is InChI=1S/C19H22N2O2/c1-16(14-17-6-3-2-4-7-17)15-20-9-11-21(12-10-20)19(22)18-8-5-13-23-18/h2-8,13-14H,9-12,15H2,1H3/b16-14+. The van der Waals surface area contributed by atoms with Crippen LogP contribution in [0.5, 0.6) is 0 Å². The molecule has 0 unspecified atom stereocenters. The molecule has 0 bridgehead atoms. The third-order valence-electron chi connectivity index (χ3n) is 4.08. The summed E-state index contributed by atoms with van der Waals surface area (Å²) in [5, 5.41) is 0. The van der Waals surface area contributed by atoms with Crippen LogP contribution in [0.15, 0.2) is 58.7 Å². The normalized spacial score (nSPS) is 16.6. The van der Waals surface area contributed by atoms with E-state index in [0.29, 0.717) is 5.76 Å². The number of amides is 1. The highest BCUT2D eigenvalue weighted by Crippen LogP contribution is 2.12. The van der Waals surface area contributed by atoms with Crippen LogP contribution in [0, 0.1) is 0 Å². The maximum atomic E-state index is 12.2. The Balaban J connectivity index is 1.51. The lowest BCUT2D eigenvalue weighted by molar-refractivity contribution is 0.0617. The fourth-order valence-electron chi connectivity index (χ4n) is 2.90. The quantitative estimate of drug-likeness (QED) is 0.870. The molecule has 3 rings (SSSR count). The minimum atomic E-state index is -0.00815. The molecule has 120 valence electrons. The molecular weight excluding hydrogens is 288 g/mol. The lowest BCUT2D eigenvalue weighted by atomic mass is 10.1. The highest BCUT2D eigenvalue weighted by molar-refractivity contribution is 5.91. The first-order valence-electron chi connectivity index (χ1n) is 8.00. The van der Waals surface area contributed by atoms with Crippen molar-refractivity contribution in [2.75, 3.05) is 32.7 Å². The van der Waals surface area contributed by atoms with Crippen LogP contribution in [0.1, 0.15) is 23.0 Å². The molecule has 0 aliphatic carbocycles. The summed E-state index contributed by atoms with van der Waals surface area (Å²) >= 11 is 0. The van der Waals surface area contributed by atoms with Crippen LogP contribution in [0.2, 0.25) is 0 Å². The second kappa shape index (κ2) is 7.29. The van der Waals surface area contributed by atoms with Gasteiger partial charge in [-0.2, -0.15) is 0 Å². The Morgan fingerprint density at radius 2 is 1.83 bits per heavy atom. The summed E-state index contributed by atoms with van der Waals surface area (Å²) < 4.78 is 5.19. The molecule has 0 saturated carbocycles. The fourth-order valence-corrected chi connectivity index (χ4v) is 2.90. The van der Waals surface area contributed by atoms with E-state index in [-0.39, 0.29) is 5.91 Å². The predicted octanol–water partition coefficient (Wildman–Crippen LogP) is 3.14. The second-order valence-corrected chi connectivity index (χ2v) is 5.95. The SMILES string of the molecule is C/C(=C\c1ccccc1)CN1CCN(C(=O)c2ccco2)CC1. The first-order chi connectivity index (χ1) is 11.2. The van der Waals surface area contributed by atoms with E-state index < -0.39 is 0 Å². The van der Waals surface area contributed by atoms with Crippen LogP contribution < -0.4 is 0 Å². The van der Waals surface area contributed by atoms with Gasteiger partial charge in [-0.15, -0.1) is 0 Å². The van der Waals surface area contributed by atoms with Crippen LogP contribution >= 0.6 is 0 Å². The summed E-state index contributed by atoms with van der Waals surface area (Å²) in [6.45, 7) is 6.39. The molecule has 0 atom stereocenters. The number of benzene rings is 1. The van der Waals surface area contributed by atoms with Gasteiger partial charge in [-0.25, -0.2) is 0 Å². The van der Waals surface area contributed by atoms with Gasteiger partial charge in [0.25, 0.3) is 5.91 Å². The third kappa shape index (κ3) is 4.11. The van der Waals surface area contributed by atoms with Crippen molar-refractivity contribution in [3.63, 3.8) is 0 Å². The Morgan fingerprint density at radius 1 is 1.09 bits per heavy atom. The van der Waals surface area contributed by atoms with Crippen molar-refractivity contribution in [2.24, 2.45) is 0 Å². The van der Waals surface area contributed by atoms with Gasteiger partial charge in [0.2, 0.25) is 0 Å². The van der Waals surface area contributed by atoms with Crippen molar-refractivity contribution in [3.05, 3.63) is 65.6 Å². The van der Waals surface area contributed by atoms with Crippen LogP contribution in [0.4, 0.5) is 0 Å². The van der Waals surface area contributed by atoms with E-state index >= 15 is 0 Å². The maximum Gasteiger partial charge on any atom is 0.289 e. The second-order valence-electron chi connectivity index (χ2n) is 5.95. The van der Waals surface area contributed by atoms with Crippen LogP contribution in [-0.2, 0) is 0 Å². The molecule has 0 radical (unpaired) electrons. The minimum Gasteiger partial charge on any atom is -0.459 e. The molecule has 1 aromatic heterocycles. The van der Waals surface area contributed by atoms with Gasteiger partial charge >= 0.3 is 0 Å². The van der Waals surface area contributed by atoms with Gasteiger partial charge in [0.15, 0.2) is 5.76 Å². The largest absolute Gasteiger partial charge is 0.459 e. The summed E-state index contributed by atoms with van der Waals surface area (Å²) in [5.41, 5.74) is 2.57. The van der Waals surface area contributed by atoms with Gasteiger partial charge < -0.3 is 9.32 Å². The first kappa shape index (κ1) is 15.6. The van der Waals surface area contributed by atoms with Gasteiger partial charge in [-0.05, 0) is 24.6 Å². The van der Waals surface area contributed by atoms with Gasteiger partial charge in [0.05, 0.1) is 6.26 Å². The number of carbonyl (C=O) groups excluding carboxylic acids is 1. The number of hydrogen-bond acceptors (Lipinski definition) is 3. The molecule has 23 heavy (non-hydrogen) atoms. The van der Waals surface area contributed by atoms with Gasteiger partial charge in [0, 0.05) is 32.7 Å². The van der Waals surface area contributed by atoms with Gasteiger partial charge in [0.1, 0.15) is 0 Å². The highest BCUT2D eigenvalue weighted by Gasteiger charge is 2.23. The molecule has 0 spiro atoms. The summed E-state index contributed by atoms with van der Waals surface area (Å²) in [7, 11) is 0. The van der Waals surface area contributed by atoms with Gasteiger partial charge in [-0.3, -0.25) is 9.69 Å². The summed E-state index contributed by atoms with van der Waals surface area (Å²) in [6.07, 6.45) is 3.77. The molecule has 1 aliphatic rings. The number of carbonyl (C=O) groups is 1. The Bertz CT molecular complexity index is 654. The van der Waals surface area contributed by atoms with E-state index in [4.69, 9.17) is 4.42 Å². The van der Waals surface area contributed by atoms with Crippen molar-refractivity contribution in [1.29, 1.82) is 0 Å². The Kier molecular flexibility index (Phi) is 4.93. The average molecular weight is 310 g/mol. The van der Waals surface area contributed by atoms with E-state index in [2.05, 4.69) is 42.2 Å². The van der Waals surface area contributed by atoms with Crippen molar-refractivity contribution in [3.8, 4) is 0 Å². The van der Waals surface area contributed by atoms with E-state index in [1.54, 1.807) is 18.4 Å². The minimum absolute atomic E-state index is 0.00815. The van der Waals surface area contributed by atoms with E-state index in [9.17, 15) is 4.79 Å². The molecule has 0 N–H and O–H groups in total. The molecule has 2 heterocycles. The molecule has 4 nitrogen and oxygen atoms in total. The molecule has 1 saturated heterocycles. The van der Waals surface area contributed by atoms with Crippen LogP contribution in [-0.4, -0.2) is 48.4 Å². The van der Waals surface area contributed by atoms with Crippen LogP contribution in [0.3, 0.4) is 0 Å². The zero-order valence-electron chi connectivity index (χ0n) is 13.4. The van der Waals surface area contributed by atoms with Crippen molar-refractivity contribution in [2.45, 2.75) is 6.92 Å². The molecule has 2 aromatic rings. The fraction of sp³-hybridized carbons (Fsp3) is 0.316. The van der Waals surface area contributed by atoms with Crippen molar-refractivity contribution in [1.82, 2.24) is 9.80 Å². The summed E-state index contributed by atoms with van der Waals surface area (Å²) in [4.78, 5) is 16.5. The highest BCUT2D eigenvalue weighted by atomic mass is 16.3. The van der Waals surface area contributed by atoms with E-state index in [1.165, 1.54) is 11.1 Å². The predicted molar refractivity (Wildman–Crippen MR) is 91.1 cm³/mol. The van der Waals surface area contributed by atoms with Crippen molar-refractivity contribution >= 4 is 12.0 Å². The summed E-state index contributed by atoms with van der Waals surface area (Å²) in [6, 6.07) is 13.8. The number of piperazine rings is 1. The lowest BCUT2D eigenvalue weighted by Gasteiger charge is -2.34. The van der Waals surface area contributed by atoms with Crippen LogP contribution in [0.25, 0.3) is 6.08 Å². The number of rotatable bonds is 4. The average Bonchev–Trinajstić information content (AvgIpc) is 3.10. The monoisotopic (exact) mass is 310 g/mol. The number of nitrogens with zero attached hydrogens (tertiary/aromatic N) is 2. The topological polar surface area (TPSA) is 36.7 Å². The molecular formula is C19H22N2O2. The Hall–Kier alpha value is -2.33. The van der Waals surface area contributed by atoms with E-state index in [0.717, 1.165) is 32.7 Å². The Morgan fingerprint density at radius 3 is 2.48 bits per heavy atom. The third-order valence-corrected chi connectivity index (χ3v) is 4.08. The Labute approximate surface area is 137 Å². The lowest BCUT2D eigenvalue weighted by Crippen LogP contribution is -2.48. The molecule has 1 aliphatic heterocycles.